The van der Waals surface area contributed by atoms with Gasteiger partial charge in [-0.15, -0.1) is 19.6 Å². The lowest BCUT2D eigenvalue weighted by Crippen LogP contribution is -2.17. The van der Waals surface area contributed by atoms with Crippen molar-refractivity contribution in [3.8, 4) is 18.1 Å². The molecule has 2 aromatic rings. The Kier molecular flexibility index (Phi) is 3.53. The number of benzene rings is 1. The second kappa shape index (κ2) is 4.97. The number of hydrogen-bond acceptors (Lipinski definition) is 3. The van der Waals surface area contributed by atoms with Crippen molar-refractivity contribution in [2.75, 3.05) is 6.54 Å². The molecule has 19 heavy (non-hydrogen) atoms. The highest BCUT2D eigenvalue weighted by atomic mass is 32.1. The number of aryl methyl sites for hydroxylation is 1. The highest BCUT2D eigenvalue weighted by Gasteiger charge is 2.31. The lowest BCUT2D eigenvalue weighted by molar-refractivity contribution is -0.274. The van der Waals surface area contributed by atoms with Gasteiger partial charge in [0.05, 0.1) is 10.2 Å². The Balaban J connectivity index is 2.48. The predicted molar refractivity (Wildman–Crippen MR) is 66.7 cm³/mol. The molecule has 1 heterocycles. The molecule has 0 radical (unpaired) electrons. The molecule has 0 aliphatic rings. The van der Waals surface area contributed by atoms with Crippen LogP contribution < -0.4 is 9.54 Å². The van der Waals surface area contributed by atoms with Gasteiger partial charge in [-0.1, -0.05) is 17.3 Å². The summed E-state index contributed by atoms with van der Waals surface area (Å²) in [6.07, 6.45) is 0.430. The van der Waals surface area contributed by atoms with Gasteiger partial charge in [-0.05, 0) is 18.2 Å². The molecule has 3 nitrogen and oxygen atoms in total. The van der Waals surface area contributed by atoms with Crippen LogP contribution in [0, 0.1) is 12.3 Å². The first-order valence-corrected chi connectivity index (χ1v) is 6.01. The summed E-state index contributed by atoms with van der Waals surface area (Å²) in [6.45, 7) is 0.229. The second-order valence-corrected chi connectivity index (χ2v) is 4.65. The van der Waals surface area contributed by atoms with Gasteiger partial charge in [0.1, 0.15) is 12.3 Å². The summed E-state index contributed by atoms with van der Waals surface area (Å²) in [5, 5.41) is 0. The van der Waals surface area contributed by atoms with E-state index in [0.29, 0.717) is 9.50 Å². The fourth-order valence-corrected chi connectivity index (χ4v) is 2.62. The monoisotopic (exact) mass is 286 g/mol. The maximum Gasteiger partial charge on any atom is 0.573 e. The zero-order chi connectivity index (χ0) is 14.0. The van der Waals surface area contributed by atoms with Crippen LogP contribution in [0.2, 0.25) is 0 Å². The minimum absolute atomic E-state index is 0.229. The molecule has 0 aliphatic heterocycles. The molecule has 7 heteroatoms. The number of alkyl halides is 3. The first-order chi connectivity index (χ1) is 8.90. The van der Waals surface area contributed by atoms with Crippen LogP contribution in [0.1, 0.15) is 0 Å². The topological polar surface area (TPSA) is 26.5 Å². The molecule has 0 N–H and O–H groups in total. The van der Waals surface area contributed by atoms with Gasteiger partial charge in [-0.25, -0.2) is 4.99 Å². The van der Waals surface area contributed by atoms with Crippen LogP contribution in [0.25, 0.3) is 10.2 Å². The minimum Gasteiger partial charge on any atom is -0.406 e. The van der Waals surface area contributed by atoms with Gasteiger partial charge in [0.25, 0.3) is 0 Å². The number of aromatic nitrogens is 1. The van der Waals surface area contributed by atoms with E-state index in [9.17, 15) is 13.2 Å². The van der Waals surface area contributed by atoms with Crippen molar-refractivity contribution < 1.29 is 17.9 Å². The van der Waals surface area contributed by atoms with E-state index in [1.807, 2.05) is 0 Å². The summed E-state index contributed by atoms with van der Waals surface area (Å²) in [5.41, 5.74) is 0.773. The highest BCUT2D eigenvalue weighted by molar-refractivity contribution is 7.16. The normalized spacial score (nSPS) is 12.7. The van der Waals surface area contributed by atoms with Gasteiger partial charge in [-0.2, -0.15) is 0 Å². The second-order valence-electron chi connectivity index (χ2n) is 3.64. The van der Waals surface area contributed by atoms with Gasteiger partial charge >= 0.3 is 6.36 Å². The van der Waals surface area contributed by atoms with E-state index in [1.165, 1.54) is 23.5 Å². The van der Waals surface area contributed by atoms with Crippen LogP contribution >= 0.6 is 11.3 Å². The number of halogens is 3. The molecule has 0 aliphatic carbocycles. The third-order valence-electron chi connectivity index (χ3n) is 2.32. The molecule has 0 unspecified atom stereocenters. The fourth-order valence-electron chi connectivity index (χ4n) is 1.57. The van der Waals surface area contributed by atoms with Crippen molar-refractivity contribution >= 4 is 21.6 Å². The summed E-state index contributed by atoms with van der Waals surface area (Å²) in [4.78, 5) is 4.80. The average molecular weight is 286 g/mol. The van der Waals surface area contributed by atoms with E-state index < -0.39 is 6.36 Å². The zero-order valence-corrected chi connectivity index (χ0v) is 10.7. The molecule has 0 saturated heterocycles. The maximum absolute atomic E-state index is 12.1. The van der Waals surface area contributed by atoms with Gasteiger partial charge < -0.3 is 9.30 Å². The Morgan fingerprint density at radius 1 is 1.47 bits per heavy atom. The number of thiazole rings is 1. The molecular formula is C12H9F3N2OS. The smallest absolute Gasteiger partial charge is 0.406 e. The molecule has 0 fully saturated rings. The predicted octanol–water partition coefficient (Wildman–Crippen LogP) is 2.67. The molecule has 0 saturated carbocycles. The van der Waals surface area contributed by atoms with Gasteiger partial charge in [0.15, 0.2) is 4.80 Å². The molecular weight excluding hydrogens is 277 g/mol. The number of hydrogen-bond donors (Lipinski definition) is 0. The minimum atomic E-state index is -4.69. The quantitative estimate of drug-likeness (QED) is 0.780. The maximum atomic E-state index is 12.1. The fraction of sp³-hybridized carbons (Fsp3) is 0.250. The summed E-state index contributed by atoms with van der Waals surface area (Å²) in [5.74, 6) is 2.14. The van der Waals surface area contributed by atoms with E-state index in [-0.39, 0.29) is 12.3 Å². The van der Waals surface area contributed by atoms with Crippen LogP contribution in [0.15, 0.2) is 23.2 Å². The molecule has 2 rings (SSSR count). The number of fused-ring (bicyclic) bond motifs is 1. The third-order valence-corrected chi connectivity index (χ3v) is 3.45. The Bertz CT molecular complexity index is 706. The first-order valence-electron chi connectivity index (χ1n) is 5.20. The molecule has 0 atom stereocenters. The van der Waals surface area contributed by atoms with E-state index >= 15 is 0 Å². The van der Waals surface area contributed by atoms with Crippen molar-refractivity contribution in [2.45, 2.75) is 6.36 Å². The van der Waals surface area contributed by atoms with E-state index in [2.05, 4.69) is 15.6 Å². The molecule has 0 amide bonds. The van der Waals surface area contributed by atoms with Gasteiger partial charge in [0.2, 0.25) is 0 Å². The highest BCUT2D eigenvalue weighted by Crippen LogP contribution is 2.27. The van der Waals surface area contributed by atoms with Crippen LogP contribution in [0.4, 0.5) is 13.2 Å². The number of rotatable bonds is 2. The summed E-state index contributed by atoms with van der Waals surface area (Å²) >= 11 is 1.26. The summed E-state index contributed by atoms with van der Waals surface area (Å²) < 4.78 is 42.7. The standard InChI is InChI=1S/C12H9F3N2OS/c1-3-6-16-11-17(2)9-5-4-8(7-10(9)19-11)18-12(13,14)15/h1,4-5,7H,6H2,2H3. The van der Waals surface area contributed by atoms with Crippen LogP contribution in [-0.4, -0.2) is 17.5 Å². The lowest BCUT2D eigenvalue weighted by Gasteiger charge is -2.08. The molecule has 1 aromatic heterocycles. The van der Waals surface area contributed by atoms with Crippen LogP contribution in [0.5, 0.6) is 5.75 Å². The number of terminal acetylenes is 1. The third kappa shape index (κ3) is 3.09. The van der Waals surface area contributed by atoms with Crippen molar-refractivity contribution in [3.63, 3.8) is 0 Å². The molecule has 1 aromatic carbocycles. The Morgan fingerprint density at radius 2 is 2.21 bits per heavy atom. The largest absolute Gasteiger partial charge is 0.573 e. The van der Waals surface area contributed by atoms with Crippen molar-refractivity contribution in [1.29, 1.82) is 0 Å². The van der Waals surface area contributed by atoms with Gasteiger partial charge in [0, 0.05) is 7.05 Å². The van der Waals surface area contributed by atoms with Crippen molar-refractivity contribution in [1.82, 2.24) is 4.57 Å². The summed E-state index contributed by atoms with van der Waals surface area (Å²) in [6, 6.07) is 4.16. The number of ether oxygens (including phenoxy) is 1. The zero-order valence-electron chi connectivity index (χ0n) is 9.86. The lowest BCUT2D eigenvalue weighted by atomic mass is 10.3. The summed E-state index contributed by atoms with van der Waals surface area (Å²) in [7, 11) is 1.78. The van der Waals surface area contributed by atoms with Crippen LogP contribution in [-0.2, 0) is 7.05 Å². The van der Waals surface area contributed by atoms with E-state index in [1.54, 1.807) is 17.7 Å². The van der Waals surface area contributed by atoms with Crippen LogP contribution in [0.3, 0.4) is 0 Å². The molecule has 100 valence electrons. The van der Waals surface area contributed by atoms with Gasteiger partial charge in [-0.3, -0.25) is 0 Å². The van der Waals surface area contributed by atoms with Crippen molar-refractivity contribution in [2.24, 2.45) is 12.0 Å². The van der Waals surface area contributed by atoms with Crippen molar-refractivity contribution in [3.05, 3.63) is 23.0 Å². The Labute approximate surface area is 111 Å². The van der Waals surface area contributed by atoms with E-state index in [4.69, 9.17) is 6.42 Å². The average Bonchev–Trinajstić information content (AvgIpc) is 2.61. The Hall–Kier alpha value is -1.94. The number of nitrogens with zero attached hydrogens (tertiary/aromatic N) is 2. The van der Waals surface area contributed by atoms with E-state index in [0.717, 1.165) is 5.52 Å². The first kappa shape index (κ1) is 13.5. The Morgan fingerprint density at radius 3 is 2.84 bits per heavy atom. The molecule has 0 spiro atoms. The molecule has 0 bridgehead atoms. The SMILES string of the molecule is C#CCN=c1sc2cc(OC(F)(F)F)ccc2n1C.